The van der Waals surface area contributed by atoms with E-state index in [1.54, 1.807) is 6.07 Å². The van der Waals surface area contributed by atoms with Crippen molar-refractivity contribution in [1.29, 1.82) is 0 Å². The van der Waals surface area contributed by atoms with Gasteiger partial charge in [-0.2, -0.15) is 0 Å². The molecule has 3 aliphatic heterocycles. The van der Waals surface area contributed by atoms with E-state index in [-0.39, 0.29) is 17.9 Å². The Bertz CT molecular complexity index is 1600. The summed E-state index contributed by atoms with van der Waals surface area (Å²) in [5, 5.41) is 3.26. The second kappa shape index (κ2) is 12.0. The number of amides is 2. The number of para-hydroxylation sites is 1. The number of hydrogen-bond acceptors (Lipinski definition) is 7. The Morgan fingerprint density at radius 3 is 2.77 bits per heavy atom. The molecule has 4 aliphatic rings. The van der Waals surface area contributed by atoms with Crippen LogP contribution >= 0.6 is 11.3 Å². The second-order valence-corrected chi connectivity index (χ2v) is 12.8. The Balaban J connectivity index is 1.12. The predicted molar refractivity (Wildman–Crippen MR) is 171 cm³/mol. The van der Waals surface area contributed by atoms with Gasteiger partial charge in [0.2, 0.25) is 0 Å². The van der Waals surface area contributed by atoms with Crippen LogP contribution in [0.3, 0.4) is 0 Å². The SMILES string of the molecule is CN1CCC(NC(=O)c2cc3c(s2)-c2ccccc2N(C(=O)c2cccc(N4CCOC5=C(C=CCC5)C4)n2)CC3)CC1. The number of carbonyl (C=O) groups excluding carboxylic acids is 2. The Kier molecular flexibility index (Phi) is 7.76. The van der Waals surface area contributed by atoms with Crippen molar-refractivity contribution in [2.24, 2.45) is 0 Å². The zero-order valence-electron chi connectivity index (χ0n) is 24.6. The maximum absolute atomic E-state index is 14.1. The molecule has 1 aliphatic carbocycles. The summed E-state index contributed by atoms with van der Waals surface area (Å²) < 4.78 is 6.03. The van der Waals surface area contributed by atoms with Gasteiger partial charge in [0.05, 0.1) is 17.1 Å². The van der Waals surface area contributed by atoms with E-state index in [0.29, 0.717) is 31.8 Å². The van der Waals surface area contributed by atoms with Gasteiger partial charge in [-0.1, -0.05) is 36.4 Å². The van der Waals surface area contributed by atoms with Crippen LogP contribution < -0.4 is 15.1 Å². The van der Waals surface area contributed by atoms with Crippen molar-refractivity contribution in [3.63, 3.8) is 0 Å². The first-order valence-corrected chi connectivity index (χ1v) is 16.1. The van der Waals surface area contributed by atoms with Gasteiger partial charge in [0.15, 0.2) is 0 Å². The number of ether oxygens (including phenoxy) is 1. The number of nitrogens with zero attached hydrogens (tertiary/aromatic N) is 4. The van der Waals surface area contributed by atoms with Gasteiger partial charge in [0.1, 0.15) is 23.9 Å². The lowest BCUT2D eigenvalue weighted by Crippen LogP contribution is -2.43. The first kappa shape index (κ1) is 27.9. The monoisotopic (exact) mass is 595 g/mol. The smallest absolute Gasteiger partial charge is 0.276 e. The molecule has 0 bridgehead atoms. The van der Waals surface area contributed by atoms with Crippen LogP contribution in [0.4, 0.5) is 11.5 Å². The lowest BCUT2D eigenvalue weighted by Gasteiger charge is -2.29. The summed E-state index contributed by atoms with van der Waals surface area (Å²) in [5.74, 6) is 1.75. The molecule has 5 heterocycles. The molecule has 0 atom stereocenters. The van der Waals surface area contributed by atoms with E-state index >= 15 is 0 Å². The summed E-state index contributed by atoms with van der Waals surface area (Å²) >= 11 is 1.53. The number of hydrogen-bond donors (Lipinski definition) is 1. The van der Waals surface area contributed by atoms with Gasteiger partial charge in [-0.05, 0) is 75.6 Å². The van der Waals surface area contributed by atoms with Crippen LogP contribution in [0.25, 0.3) is 10.4 Å². The van der Waals surface area contributed by atoms with Crippen molar-refractivity contribution in [3.05, 3.63) is 88.1 Å². The Morgan fingerprint density at radius 1 is 1.02 bits per heavy atom. The van der Waals surface area contributed by atoms with Crippen molar-refractivity contribution in [3.8, 4) is 10.4 Å². The first-order chi connectivity index (χ1) is 21.0. The van der Waals surface area contributed by atoms with Gasteiger partial charge < -0.3 is 24.8 Å². The minimum absolute atomic E-state index is 0.00423. The van der Waals surface area contributed by atoms with Crippen LogP contribution in [0, 0.1) is 0 Å². The quantitative estimate of drug-likeness (QED) is 0.443. The molecule has 222 valence electrons. The molecule has 0 saturated carbocycles. The fraction of sp³-hybridized carbons (Fsp3) is 0.382. The fourth-order valence-electron chi connectivity index (χ4n) is 6.44. The fourth-order valence-corrected chi connectivity index (χ4v) is 7.59. The van der Waals surface area contributed by atoms with Crippen molar-refractivity contribution < 1.29 is 14.3 Å². The highest BCUT2D eigenvalue weighted by Crippen LogP contribution is 2.42. The van der Waals surface area contributed by atoms with Crippen LogP contribution in [0.15, 0.2) is 72.0 Å². The highest BCUT2D eigenvalue weighted by Gasteiger charge is 2.29. The van der Waals surface area contributed by atoms with E-state index in [9.17, 15) is 9.59 Å². The van der Waals surface area contributed by atoms with E-state index in [0.717, 1.165) is 83.5 Å². The van der Waals surface area contributed by atoms with Gasteiger partial charge in [0.25, 0.3) is 11.8 Å². The standard InChI is InChI=1S/C34H37N5O3S/c1-37-16-14-25(15-17-37)35-33(40)30-21-23-13-18-39(28-10-4-3-8-26(28)32(23)43-30)34(41)27-9-6-12-31(36-27)38-19-20-42-29-11-5-2-7-24(29)22-38/h2-4,6-10,12,21,25H,5,11,13-20,22H2,1H3,(H,35,40). The van der Waals surface area contributed by atoms with E-state index in [1.165, 1.54) is 16.9 Å². The summed E-state index contributed by atoms with van der Waals surface area (Å²) in [7, 11) is 2.12. The third kappa shape index (κ3) is 5.71. The number of benzene rings is 1. The molecule has 9 heteroatoms. The summed E-state index contributed by atoms with van der Waals surface area (Å²) in [6.45, 7) is 4.56. The number of allylic oxidation sites excluding steroid dienone is 2. The maximum atomic E-state index is 14.1. The van der Waals surface area contributed by atoms with Crippen molar-refractivity contribution in [2.75, 3.05) is 56.2 Å². The molecule has 1 aromatic carbocycles. The number of piperidine rings is 1. The number of aromatic nitrogens is 1. The van der Waals surface area contributed by atoms with Crippen LogP contribution in [0.5, 0.6) is 0 Å². The number of carbonyl (C=O) groups is 2. The number of rotatable bonds is 4. The third-order valence-corrected chi connectivity index (χ3v) is 10.1. The molecule has 7 rings (SSSR count). The highest BCUT2D eigenvalue weighted by atomic mass is 32.1. The summed E-state index contributed by atoms with van der Waals surface area (Å²) in [5.41, 5.74) is 4.56. The topological polar surface area (TPSA) is 78.0 Å². The van der Waals surface area contributed by atoms with E-state index < -0.39 is 0 Å². The molecule has 0 unspecified atom stereocenters. The second-order valence-electron chi connectivity index (χ2n) is 11.8. The largest absolute Gasteiger partial charge is 0.496 e. The average molecular weight is 596 g/mol. The highest BCUT2D eigenvalue weighted by molar-refractivity contribution is 7.17. The van der Waals surface area contributed by atoms with Gasteiger partial charge in [0, 0.05) is 41.6 Å². The normalized spacial score (nSPS) is 19.1. The molecule has 2 amide bonds. The molecule has 0 spiro atoms. The predicted octanol–water partition coefficient (Wildman–Crippen LogP) is 5.28. The van der Waals surface area contributed by atoms with Gasteiger partial charge in [-0.15, -0.1) is 11.3 Å². The molecule has 0 radical (unpaired) electrons. The molecule has 43 heavy (non-hydrogen) atoms. The molecular weight excluding hydrogens is 558 g/mol. The molecule has 3 aromatic rings. The average Bonchev–Trinajstić information content (AvgIpc) is 3.25. The minimum atomic E-state index is -0.117. The summed E-state index contributed by atoms with van der Waals surface area (Å²) in [6.07, 6.45) is 8.92. The van der Waals surface area contributed by atoms with Crippen LogP contribution in [0.1, 0.15) is 51.4 Å². The molecule has 8 nitrogen and oxygen atoms in total. The Hall–Kier alpha value is -3.95. The third-order valence-electron chi connectivity index (χ3n) is 8.87. The lowest BCUT2D eigenvalue weighted by molar-refractivity contribution is 0.0919. The number of pyridine rings is 1. The number of fused-ring (bicyclic) bond motifs is 3. The number of likely N-dealkylation sites (tertiary alicyclic amines) is 1. The molecule has 2 aromatic heterocycles. The Labute approximate surface area is 256 Å². The molecule has 1 fully saturated rings. The zero-order chi connectivity index (χ0) is 29.3. The lowest BCUT2D eigenvalue weighted by atomic mass is 10.0. The van der Waals surface area contributed by atoms with Crippen LogP contribution in [-0.2, 0) is 11.2 Å². The molecular formula is C34H37N5O3S. The minimum Gasteiger partial charge on any atom is -0.496 e. The number of nitrogens with one attached hydrogen (secondary N) is 1. The van der Waals surface area contributed by atoms with Crippen molar-refractivity contribution >= 4 is 34.7 Å². The van der Waals surface area contributed by atoms with Crippen molar-refractivity contribution in [2.45, 2.75) is 38.1 Å². The van der Waals surface area contributed by atoms with Crippen molar-refractivity contribution in [1.82, 2.24) is 15.2 Å². The summed E-state index contributed by atoms with van der Waals surface area (Å²) in [6, 6.07) is 16.0. The van der Waals surface area contributed by atoms with E-state index in [4.69, 9.17) is 9.72 Å². The van der Waals surface area contributed by atoms with Crippen LogP contribution in [-0.4, -0.2) is 74.1 Å². The molecule has 1 N–H and O–H groups in total. The maximum Gasteiger partial charge on any atom is 0.276 e. The van der Waals surface area contributed by atoms with Gasteiger partial charge in [-0.3, -0.25) is 9.59 Å². The molecule has 1 saturated heterocycles. The first-order valence-electron chi connectivity index (χ1n) is 15.3. The van der Waals surface area contributed by atoms with E-state index in [2.05, 4.69) is 40.4 Å². The zero-order valence-corrected chi connectivity index (χ0v) is 25.4. The van der Waals surface area contributed by atoms with E-state index in [1.807, 2.05) is 41.3 Å². The number of anilines is 2. The Morgan fingerprint density at radius 2 is 1.88 bits per heavy atom. The van der Waals surface area contributed by atoms with Gasteiger partial charge in [-0.25, -0.2) is 4.98 Å². The summed E-state index contributed by atoms with van der Waals surface area (Å²) in [4.78, 5) is 40.3. The van der Waals surface area contributed by atoms with Gasteiger partial charge >= 0.3 is 0 Å². The van der Waals surface area contributed by atoms with Crippen LogP contribution in [0.2, 0.25) is 0 Å². The number of thiophene rings is 1.